The van der Waals surface area contributed by atoms with Crippen LogP contribution < -0.4 is 5.73 Å². The summed E-state index contributed by atoms with van der Waals surface area (Å²) in [6, 6.07) is 5.11. The quantitative estimate of drug-likeness (QED) is 0.636. The highest BCUT2D eigenvalue weighted by atomic mass is 19.3. The maximum atomic E-state index is 11.9. The van der Waals surface area contributed by atoms with Gasteiger partial charge in [0, 0.05) is 16.8 Å². The molecule has 0 saturated carbocycles. The molecule has 0 aromatic heterocycles. The minimum absolute atomic E-state index is 0.126. The summed E-state index contributed by atoms with van der Waals surface area (Å²) in [5.74, 6) is -0.993. The maximum Gasteiger partial charge on any atom is 0.350 e. The maximum absolute atomic E-state index is 11.9. The Bertz CT molecular complexity index is 630. The van der Waals surface area contributed by atoms with Crippen LogP contribution in [0.5, 0.6) is 0 Å². The van der Waals surface area contributed by atoms with Crippen LogP contribution in [0.2, 0.25) is 0 Å². The number of allylic oxidation sites excluding steroid dienone is 2. The summed E-state index contributed by atoms with van der Waals surface area (Å²) in [7, 11) is 0. The van der Waals surface area contributed by atoms with Crippen LogP contribution >= 0.6 is 0 Å². The zero-order chi connectivity index (χ0) is 17.6. The van der Waals surface area contributed by atoms with E-state index in [9.17, 15) is 9.32 Å². The van der Waals surface area contributed by atoms with Crippen LogP contribution in [0.4, 0.5) is 4.53 Å². The predicted octanol–water partition coefficient (Wildman–Crippen LogP) is 4.03. The molecule has 5 heteroatoms. The summed E-state index contributed by atoms with van der Waals surface area (Å²) in [4.78, 5) is 18.1. The van der Waals surface area contributed by atoms with Crippen LogP contribution in [0.25, 0.3) is 5.57 Å². The van der Waals surface area contributed by atoms with Crippen molar-refractivity contribution in [2.45, 2.75) is 38.6 Å². The molecule has 1 rings (SSSR count). The number of benzene rings is 1. The Morgan fingerprint density at radius 3 is 2.57 bits per heavy atom. The van der Waals surface area contributed by atoms with Gasteiger partial charge in [0.1, 0.15) is 0 Å². The highest BCUT2D eigenvalue weighted by Crippen LogP contribution is 2.30. The highest BCUT2D eigenvalue weighted by molar-refractivity contribution is 5.75. The molecule has 0 radical (unpaired) electrons. The molecule has 4 nitrogen and oxygen atoms in total. The van der Waals surface area contributed by atoms with E-state index < -0.39 is 12.0 Å². The number of carbonyl (C=O) groups excluding carboxylic acids is 1. The number of nitrogens with zero attached hydrogens (tertiary/aromatic N) is 1. The second-order valence-corrected chi connectivity index (χ2v) is 6.32. The Hall–Kier alpha value is -2.27. The van der Waals surface area contributed by atoms with Crippen LogP contribution in [0.1, 0.15) is 49.9 Å². The lowest BCUT2D eigenvalue weighted by atomic mass is 9.83. The fraction of sp³-hybridized carbons (Fsp3) is 0.333. The third kappa shape index (κ3) is 5.14. The third-order valence-electron chi connectivity index (χ3n) is 3.51. The van der Waals surface area contributed by atoms with Gasteiger partial charge in [0.15, 0.2) is 0 Å². The number of aliphatic imine (C=N–C) groups is 1. The molecule has 0 aliphatic carbocycles. The van der Waals surface area contributed by atoms with E-state index in [-0.39, 0.29) is 11.8 Å². The minimum atomic E-state index is -0.993. The van der Waals surface area contributed by atoms with E-state index in [1.807, 2.05) is 18.2 Å². The first-order valence-electron chi connectivity index (χ1n) is 7.24. The van der Waals surface area contributed by atoms with Crippen molar-refractivity contribution in [3.8, 4) is 0 Å². The molecular weight excluding hydrogens is 295 g/mol. The Labute approximate surface area is 136 Å². The largest absolute Gasteiger partial charge is 0.350 e. The van der Waals surface area contributed by atoms with Gasteiger partial charge in [-0.25, -0.2) is 4.79 Å². The normalized spacial score (nSPS) is 13.3. The van der Waals surface area contributed by atoms with Gasteiger partial charge in [-0.1, -0.05) is 45.6 Å². The first kappa shape index (κ1) is 18.8. The summed E-state index contributed by atoms with van der Waals surface area (Å²) in [6.45, 7) is 13.4. The van der Waals surface area contributed by atoms with E-state index in [2.05, 4.69) is 44.0 Å². The molecule has 1 atom stereocenters. The number of halogens is 1. The van der Waals surface area contributed by atoms with Crippen LogP contribution in [0.15, 0.2) is 42.0 Å². The molecule has 1 aromatic carbocycles. The zero-order valence-electron chi connectivity index (χ0n) is 13.8. The van der Waals surface area contributed by atoms with Gasteiger partial charge in [-0.3, -0.25) is 9.93 Å². The number of nitrogens with two attached hydrogens (primary N) is 1. The van der Waals surface area contributed by atoms with Crippen LogP contribution in [0, 0.1) is 0 Å². The molecule has 1 aromatic rings. The van der Waals surface area contributed by atoms with Crippen LogP contribution in [-0.4, -0.2) is 12.7 Å². The van der Waals surface area contributed by atoms with Crippen molar-refractivity contribution in [1.82, 2.24) is 0 Å². The topological polar surface area (TPSA) is 64.7 Å². The average Bonchev–Trinajstić information content (AvgIpc) is 2.50. The lowest BCUT2D eigenvalue weighted by molar-refractivity contribution is -0.184. The zero-order valence-corrected chi connectivity index (χ0v) is 13.8. The molecule has 0 saturated heterocycles. The Balaban J connectivity index is 3.41. The van der Waals surface area contributed by atoms with Crippen molar-refractivity contribution in [2.75, 3.05) is 0 Å². The predicted molar refractivity (Wildman–Crippen MR) is 91.6 cm³/mol. The lowest BCUT2D eigenvalue weighted by Gasteiger charge is -2.23. The van der Waals surface area contributed by atoms with Gasteiger partial charge in [-0.15, -0.1) is 0 Å². The molecule has 0 aliphatic heterocycles. The van der Waals surface area contributed by atoms with Crippen LogP contribution in [0.3, 0.4) is 0 Å². The molecule has 0 heterocycles. The molecular formula is C18H23FN2O2. The summed E-state index contributed by atoms with van der Waals surface area (Å²) in [6.07, 6.45) is 3.03. The SMILES string of the molecule is C=C/C(=C\N=C)c1cc(C(N)CC(=O)OF)cc(C(C)(C)C)c1. The van der Waals surface area contributed by atoms with Crippen molar-refractivity contribution >= 4 is 18.3 Å². The molecule has 1 unspecified atom stereocenters. The van der Waals surface area contributed by atoms with E-state index in [4.69, 9.17) is 5.73 Å². The standard InChI is InChI=1S/C18H23FN2O2/c1-6-12(11-21-5)13-7-14(16(20)10-17(22)23-19)9-15(8-13)18(2,3)4/h6-9,11,16H,1,5,10,20H2,2-4H3/b12-11+. The van der Waals surface area contributed by atoms with Gasteiger partial charge in [0.2, 0.25) is 0 Å². The molecule has 0 spiro atoms. The first-order chi connectivity index (χ1) is 10.7. The van der Waals surface area contributed by atoms with Gasteiger partial charge >= 0.3 is 5.97 Å². The van der Waals surface area contributed by atoms with Gasteiger partial charge in [0.05, 0.1) is 6.42 Å². The Kier molecular flexibility index (Phi) is 6.39. The number of rotatable bonds is 6. The third-order valence-corrected chi connectivity index (χ3v) is 3.51. The lowest BCUT2D eigenvalue weighted by Crippen LogP contribution is -2.18. The van der Waals surface area contributed by atoms with Crippen molar-refractivity contribution in [3.63, 3.8) is 0 Å². The first-order valence-corrected chi connectivity index (χ1v) is 7.24. The van der Waals surface area contributed by atoms with E-state index in [1.165, 1.54) is 0 Å². The highest BCUT2D eigenvalue weighted by Gasteiger charge is 2.20. The van der Waals surface area contributed by atoms with Gasteiger partial charge in [-0.05, 0) is 40.5 Å². The van der Waals surface area contributed by atoms with Crippen molar-refractivity contribution < 1.29 is 14.3 Å². The fourth-order valence-corrected chi connectivity index (χ4v) is 2.14. The van der Waals surface area contributed by atoms with E-state index >= 15 is 0 Å². The number of carbonyl (C=O) groups is 1. The van der Waals surface area contributed by atoms with E-state index in [0.29, 0.717) is 0 Å². The van der Waals surface area contributed by atoms with E-state index in [1.54, 1.807) is 12.3 Å². The molecule has 23 heavy (non-hydrogen) atoms. The van der Waals surface area contributed by atoms with Gasteiger partial charge < -0.3 is 5.73 Å². The average molecular weight is 318 g/mol. The molecule has 0 fully saturated rings. The summed E-state index contributed by atoms with van der Waals surface area (Å²) >= 11 is 0. The molecule has 124 valence electrons. The smallest absolute Gasteiger partial charge is 0.323 e. The molecule has 0 bridgehead atoms. The summed E-state index contributed by atoms with van der Waals surface area (Å²) < 4.78 is 11.9. The van der Waals surface area contributed by atoms with Gasteiger partial charge in [0.25, 0.3) is 0 Å². The monoisotopic (exact) mass is 318 g/mol. The number of hydrogen-bond donors (Lipinski definition) is 1. The second kappa shape index (κ2) is 7.83. The van der Waals surface area contributed by atoms with Crippen molar-refractivity contribution in [1.29, 1.82) is 0 Å². The van der Waals surface area contributed by atoms with Gasteiger partial charge in [-0.2, -0.15) is 0 Å². The van der Waals surface area contributed by atoms with E-state index in [0.717, 1.165) is 22.3 Å². The van der Waals surface area contributed by atoms with Crippen molar-refractivity contribution in [3.05, 3.63) is 53.7 Å². The van der Waals surface area contributed by atoms with Crippen LogP contribution in [-0.2, 0) is 15.2 Å². The molecule has 0 aliphatic rings. The summed E-state index contributed by atoms with van der Waals surface area (Å²) in [5, 5.41) is 0. The summed E-state index contributed by atoms with van der Waals surface area (Å²) in [5.41, 5.74) is 9.29. The molecule has 0 amide bonds. The molecule has 2 N–H and O–H groups in total. The Morgan fingerprint density at radius 2 is 2.09 bits per heavy atom. The number of hydrogen-bond acceptors (Lipinski definition) is 4. The fourth-order valence-electron chi connectivity index (χ4n) is 2.14. The van der Waals surface area contributed by atoms with Crippen molar-refractivity contribution in [2.24, 2.45) is 10.7 Å². The second-order valence-electron chi connectivity index (χ2n) is 6.32. The minimum Gasteiger partial charge on any atom is -0.323 e. The Morgan fingerprint density at radius 1 is 1.43 bits per heavy atom.